The maximum absolute atomic E-state index is 12.2. The highest BCUT2D eigenvalue weighted by Gasteiger charge is 2.18. The molecule has 0 fully saturated rings. The van der Waals surface area contributed by atoms with Gasteiger partial charge in [0.25, 0.3) is 0 Å². The SMILES string of the molecule is CC(C)c1cccc(C(C)C)c1OC(=O)NCCNC(=O)[C@@H](N)C(C)C. The Kier molecular flexibility index (Phi) is 8.58. The summed E-state index contributed by atoms with van der Waals surface area (Å²) in [5, 5.41) is 5.38. The summed E-state index contributed by atoms with van der Waals surface area (Å²) in [6.07, 6.45) is -0.526. The van der Waals surface area contributed by atoms with Crippen molar-refractivity contribution in [3.63, 3.8) is 0 Å². The van der Waals surface area contributed by atoms with Crippen molar-refractivity contribution in [3.8, 4) is 5.75 Å². The Morgan fingerprint density at radius 2 is 1.46 bits per heavy atom. The lowest BCUT2D eigenvalue weighted by atomic mass is 9.94. The average Bonchev–Trinajstić information content (AvgIpc) is 2.57. The van der Waals surface area contributed by atoms with E-state index in [2.05, 4.69) is 38.3 Å². The first-order chi connectivity index (χ1) is 12.1. The first-order valence-corrected chi connectivity index (χ1v) is 9.26. The number of benzene rings is 1. The minimum absolute atomic E-state index is 0.0647. The number of hydrogen-bond donors (Lipinski definition) is 3. The minimum atomic E-state index is -0.548. The molecule has 146 valence electrons. The van der Waals surface area contributed by atoms with Gasteiger partial charge in [-0.1, -0.05) is 59.7 Å². The lowest BCUT2D eigenvalue weighted by Crippen LogP contribution is -2.46. The zero-order chi connectivity index (χ0) is 19.9. The molecule has 6 heteroatoms. The van der Waals surface area contributed by atoms with Crippen molar-refractivity contribution in [2.24, 2.45) is 11.7 Å². The van der Waals surface area contributed by atoms with Gasteiger partial charge in [0.2, 0.25) is 5.91 Å². The standard InChI is InChI=1S/C20H33N3O3/c1-12(2)15-8-7-9-16(13(3)4)18(15)26-20(25)23-11-10-22-19(24)17(21)14(5)6/h7-9,12-14,17H,10-11,21H2,1-6H3,(H,22,24)(H,23,25)/t17-/m0/s1. The van der Waals surface area contributed by atoms with Crippen molar-refractivity contribution in [3.05, 3.63) is 29.3 Å². The molecule has 6 nitrogen and oxygen atoms in total. The van der Waals surface area contributed by atoms with Crippen LogP contribution in [0.2, 0.25) is 0 Å². The summed E-state index contributed by atoms with van der Waals surface area (Å²) in [4.78, 5) is 24.0. The highest BCUT2D eigenvalue weighted by molar-refractivity contribution is 5.81. The normalized spacial score (nSPS) is 12.4. The molecule has 0 saturated heterocycles. The van der Waals surface area contributed by atoms with Crippen molar-refractivity contribution in [1.29, 1.82) is 0 Å². The first kappa shape index (κ1) is 22.0. The molecule has 0 bridgehead atoms. The van der Waals surface area contributed by atoms with Crippen molar-refractivity contribution in [2.75, 3.05) is 13.1 Å². The predicted molar refractivity (Wildman–Crippen MR) is 104 cm³/mol. The molecular formula is C20H33N3O3. The Bertz CT molecular complexity index is 586. The Balaban J connectivity index is 2.62. The maximum atomic E-state index is 12.2. The molecule has 0 aliphatic rings. The third kappa shape index (κ3) is 6.33. The van der Waals surface area contributed by atoms with E-state index in [1.54, 1.807) is 0 Å². The predicted octanol–water partition coefficient (Wildman–Crippen LogP) is 3.12. The molecule has 0 aliphatic carbocycles. The van der Waals surface area contributed by atoms with Gasteiger partial charge >= 0.3 is 6.09 Å². The van der Waals surface area contributed by atoms with Crippen LogP contribution in [0.15, 0.2) is 18.2 Å². The monoisotopic (exact) mass is 363 g/mol. The van der Waals surface area contributed by atoms with E-state index in [4.69, 9.17) is 10.5 Å². The third-order valence-corrected chi connectivity index (χ3v) is 4.23. The second kappa shape index (κ2) is 10.2. The Morgan fingerprint density at radius 1 is 0.962 bits per heavy atom. The quantitative estimate of drug-likeness (QED) is 0.619. The number of hydrogen-bond acceptors (Lipinski definition) is 4. The van der Waals surface area contributed by atoms with E-state index in [1.807, 2.05) is 32.0 Å². The summed E-state index contributed by atoms with van der Waals surface area (Å²) >= 11 is 0. The van der Waals surface area contributed by atoms with E-state index < -0.39 is 12.1 Å². The molecule has 0 aromatic heterocycles. The average molecular weight is 364 g/mol. The summed E-state index contributed by atoms with van der Waals surface area (Å²) in [5.41, 5.74) is 7.77. The molecule has 0 aliphatic heterocycles. The number of nitrogens with one attached hydrogen (secondary N) is 2. The Hall–Kier alpha value is -2.08. The fourth-order valence-corrected chi connectivity index (χ4v) is 2.50. The fourth-order valence-electron chi connectivity index (χ4n) is 2.50. The molecule has 0 heterocycles. The fraction of sp³-hybridized carbons (Fsp3) is 0.600. The van der Waals surface area contributed by atoms with Crippen LogP contribution in [0.1, 0.15) is 64.5 Å². The van der Waals surface area contributed by atoms with Gasteiger partial charge in [-0.05, 0) is 28.9 Å². The van der Waals surface area contributed by atoms with Crippen LogP contribution in [0, 0.1) is 5.92 Å². The van der Waals surface area contributed by atoms with Crippen LogP contribution in [0.3, 0.4) is 0 Å². The van der Waals surface area contributed by atoms with Crippen molar-refractivity contribution in [2.45, 2.75) is 59.4 Å². The number of amides is 2. The molecule has 1 aromatic carbocycles. The van der Waals surface area contributed by atoms with Gasteiger partial charge < -0.3 is 21.1 Å². The van der Waals surface area contributed by atoms with E-state index >= 15 is 0 Å². The highest BCUT2D eigenvalue weighted by atomic mass is 16.6. The van der Waals surface area contributed by atoms with Crippen LogP contribution in [0.25, 0.3) is 0 Å². The second-order valence-corrected chi connectivity index (χ2v) is 7.45. The molecule has 0 spiro atoms. The second-order valence-electron chi connectivity index (χ2n) is 7.45. The summed E-state index contributed by atoms with van der Waals surface area (Å²) < 4.78 is 5.60. The molecule has 0 unspecified atom stereocenters. The van der Waals surface area contributed by atoms with Gasteiger partial charge in [0.1, 0.15) is 5.75 Å². The van der Waals surface area contributed by atoms with Crippen LogP contribution in [0.5, 0.6) is 5.75 Å². The van der Waals surface area contributed by atoms with Gasteiger partial charge in [0.15, 0.2) is 0 Å². The topological polar surface area (TPSA) is 93.5 Å². The van der Waals surface area contributed by atoms with Crippen LogP contribution < -0.4 is 21.1 Å². The minimum Gasteiger partial charge on any atom is -0.410 e. The van der Waals surface area contributed by atoms with Crippen LogP contribution in [0.4, 0.5) is 4.79 Å². The molecule has 0 radical (unpaired) electrons. The number of carbonyl (C=O) groups is 2. The summed E-state index contributed by atoms with van der Waals surface area (Å²) in [7, 11) is 0. The van der Waals surface area contributed by atoms with Gasteiger partial charge in [-0.3, -0.25) is 4.79 Å². The number of para-hydroxylation sites is 1. The lowest BCUT2D eigenvalue weighted by molar-refractivity contribution is -0.123. The zero-order valence-corrected chi connectivity index (χ0v) is 16.8. The van der Waals surface area contributed by atoms with Gasteiger partial charge in [0.05, 0.1) is 6.04 Å². The lowest BCUT2D eigenvalue weighted by Gasteiger charge is -2.19. The van der Waals surface area contributed by atoms with Crippen molar-refractivity contribution in [1.82, 2.24) is 10.6 Å². The van der Waals surface area contributed by atoms with Crippen LogP contribution >= 0.6 is 0 Å². The zero-order valence-electron chi connectivity index (χ0n) is 16.8. The summed E-state index contributed by atoms with van der Waals surface area (Å²) in [5.74, 6) is 0.958. The van der Waals surface area contributed by atoms with Crippen LogP contribution in [-0.2, 0) is 4.79 Å². The third-order valence-electron chi connectivity index (χ3n) is 4.23. The Morgan fingerprint density at radius 3 is 1.92 bits per heavy atom. The van der Waals surface area contributed by atoms with Gasteiger partial charge in [0, 0.05) is 13.1 Å². The van der Waals surface area contributed by atoms with E-state index in [1.165, 1.54) is 0 Å². The number of ether oxygens (including phenoxy) is 1. The molecule has 2 amide bonds. The number of nitrogens with two attached hydrogens (primary N) is 1. The van der Waals surface area contributed by atoms with Gasteiger partial charge in [-0.2, -0.15) is 0 Å². The summed E-state index contributed by atoms with van der Waals surface area (Å²) in [6, 6.07) is 5.40. The number of carbonyl (C=O) groups excluding carboxylic acids is 2. The molecule has 4 N–H and O–H groups in total. The molecule has 26 heavy (non-hydrogen) atoms. The van der Waals surface area contributed by atoms with Crippen LogP contribution in [-0.4, -0.2) is 31.1 Å². The molecular weight excluding hydrogens is 330 g/mol. The van der Waals surface area contributed by atoms with E-state index in [9.17, 15) is 9.59 Å². The van der Waals surface area contributed by atoms with E-state index in [-0.39, 0.29) is 30.2 Å². The molecule has 1 rings (SSSR count). The van der Waals surface area contributed by atoms with Crippen molar-refractivity contribution >= 4 is 12.0 Å². The van der Waals surface area contributed by atoms with E-state index in [0.29, 0.717) is 12.3 Å². The van der Waals surface area contributed by atoms with Gasteiger partial charge in [-0.15, -0.1) is 0 Å². The summed E-state index contributed by atoms with van der Waals surface area (Å²) in [6.45, 7) is 12.6. The molecule has 0 saturated carbocycles. The number of rotatable bonds is 8. The molecule has 1 aromatic rings. The highest BCUT2D eigenvalue weighted by Crippen LogP contribution is 2.34. The van der Waals surface area contributed by atoms with E-state index in [0.717, 1.165) is 11.1 Å². The van der Waals surface area contributed by atoms with Gasteiger partial charge in [-0.25, -0.2) is 4.79 Å². The largest absolute Gasteiger partial charge is 0.412 e. The first-order valence-electron chi connectivity index (χ1n) is 9.26. The smallest absolute Gasteiger partial charge is 0.410 e. The Labute approximate surface area is 156 Å². The maximum Gasteiger partial charge on any atom is 0.412 e. The molecule has 1 atom stereocenters. The van der Waals surface area contributed by atoms with Crippen molar-refractivity contribution < 1.29 is 14.3 Å².